The van der Waals surface area contributed by atoms with Gasteiger partial charge in [-0.25, -0.2) is 9.37 Å². The van der Waals surface area contributed by atoms with E-state index in [1.807, 2.05) is 0 Å². The molecule has 3 aromatic rings. The van der Waals surface area contributed by atoms with Crippen molar-refractivity contribution >= 4 is 39.1 Å². The Kier molecular flexibility index (Phi) is 4.33. The number of halogens is 2. The molecule has 0 radical (unpaired) electrons. The van der Waals surface area contributed by atoms with Crippen LogP contribution in [0.25, 0.3) is 0 Å². The molecule has 0 atom stereocenters. The Morgan fingerprint density at radius 1 is 1.19 bits per heavy atom. The van der Waals surface area contributed by atoms with Gasteiger partial charge in [0.15, 0.2) is 0 Å². The minimum Gasteiger partial charge on any atom is -0.436 e. The summed E-state index contributed by atoms with van der Waals surface area (Å²) < 4.78 is 19.2. The number of fused-ring (bicyclic) bond motifs is 2. The van der Waals surface area contributed by atoms with Crippen LogP contribution in [0.4, 0.5) is 15.8 Å². The molecule has 2 amide bonds. The molecule has 6 nitrogen and oxygen atoms in total. The van der Waals surface area contributed by atoms with Crippen molar-refractivity contribution in [3.8, 4) is 11.6 Å². The molecule has 0 spiro atoms. The van der Waals surface area contributed by atoms with E-state index in [0.717, 1.165) is 0 Å². The molecule has 8 heteroatoms. The van der Waals surface area contributed by atoms with Crippen LogP contribution in [0, 0.1) is 5.82 Å². The van der Waals surface area contributed by atoms with E-state index in [2.05, 4.69) is 31.5 Å². The first-order valence-corrected chi connectivity index (χ1v) is 8.65. The van der Waals surface area contributed by atoms with E-state index in [1.165, 1.54) is 24.3 Å². The number of carbonyl (C=O) groups excluding carboxylic acids is 2. The fourth-order valence-electron chi connectivity index (χ4n) is 2.58. The molecule has 0 saturated carbocycles. The maximum Gasteiger partial charge on any atom is 0.259 e. The van der Waals surface area contributed by atoms with E-state index in [-0.39, 0.29) is 27.4 Å². The van der Waals surface area contributed by atoms with Gasteiger partial charge in [0.1, 0.15) is 17.3 Å². The standard InChI is InChI=1S/C19H11BrFN3O3/c20-13-8-10(3-5-14(13)21)17(25)23-11-4-6-16-12(9-11)18(26)24-15-2-1-7-22-19(15)27-16/h1-9H,(H,23,25)(H,24,26). The van der Waals surface area contributed by atoms with Crippen LogP contribution in [0.5, 0.6) is 11.6 Å². The fraction of sp³-hybridized carbons (Fsp3) is 0. The molecular formula is C19H11BrFN3O3. The summed E-state index contributed by atoms with van der Waals surface area (Å²) in [5.74, 6) is -0.656. The number of carbonyl (C=O) groups is 2. The predicted octanol–water partition coefficient (Wildman–Crippen LogP) is 4.59. The average Bonchev–Trinajstić information content (AvgIpc) is 2.80. The SMILES string of the molecule is O=C(Nc1ccc2c(c1)C(=O)Nc1cccnc1O2)c1ccc(F)c(Br)c1. The third kappa shape index (κ3) is 3.39. The van der Waals surface area contributed by atoms with E-state index < -0.39 is 11.7 Å². The second-order valence-electron chi connectivity index (χ2n) is 5.71. The first-order chi connectivity index (χ1) is 13.0. The Balaban J connectivity index is 1.61. The van der Waals surface area contributed by atoms with Crippen LogP contribution < -0.4 is 15.4 Å². The summed E-state index contributed by atoms with van der Waals surface area (Å²) in [5.41, 5.74) is 1.39. The summed E-state index contributed by atoms with van der Waals surface area (Å²) >= 11 is 3.05. The zero-order chi connectivity index (χ0) is 19.0. The van der Waals surface area contributed by atoms with Crippen molar-refractivity contribution in [3.63, 3.8) is 0 Å². The minimum atomic E-state index is -0.460. The van der Waals surface area contributed by atoms with Gasteiger partial charge >= 0.3 is 0 Å². The van der Waals surface area contributed by atoms with Gasteiger partial charge in [0.05, 0.1) is 10.0 Å². The Labute approximate surface area is 161 Å². The molecule has 2 heterocycles. The molecule has 1 aromatic heterocycles. The highest BCUT2D eigenvalue weighted by Crippen LogP contribution is 2.35. The van der Waals surface area contributed by atoms with Gasteiger partial charge in [-0.05, 0) is 64.5 Å². The van der Waals surface area contributed by atoms with Gasteiger partial charge < -0.3 is 15.4 Å². The van der Waals surface area contributed by atoms with E-state index in [1.54, 1.807) is 30.5 Å². The summed E-state index contributed by atoms with van der Waals surface area (Å²) in [6, 6.07) is 12.0. The summed E-state index contributed by atoms with van der Waals surface area (Å²) in [7, 11) is 0. The lowest BCUT2D eigenvalue weighted by molar-refractivity contribution is 0.101. The van der Waals surface area contributed by atoms with Gasteiger partial charge in [0.2, 0.25) is 5.88 Å². The van der Waals surface area contributed by atoms with Gasteiger partial charge in [-0.3, -0.25) is 9.59 Å². The van der Waals surface area contributed by atoms with Gasteiger partial charge in [0, 0.05) is 17.4 Å². The lowest BCUT2D eigenvalue weighted by atomic mass is 10.1. The number of nitrogens with zero attached hydrogens (tertiary/aromatic N) is 1. The third-order valence-corrected chi connectivity index (χ3v) is 4.50. The average molecular weight is 428 g/mol. The summed E-state index contributed by atoms with van der Waals surface area (Å²) in [6.07, 6.45) is 1.56. The van der Waals surface area contributed by atoms with Crippen molar-refractivity contribution in [1.29, 1.82) is 0 Å². The highest BCUT2D eigenvalue weighted by molar-refractivity contribution is 9.10. The Morgan fingerprint density at radius 3 is 2.85 bits per heavy atom. The summed E-state index contributed by atoms with van der Waals surface area (Å²) in [4.78, 5) is 29.0. The monoisotopic (exact) mass is 427 g/mol. The molecule has 1 aliphatic heterocycles. The van der Waals surface area contributed by atoms with Gasteiger partial charge in [-0.1, -0.05) is 0 Å². The zero-order valence-electron chi connectivity index (χ0n) is 13.6. The number of ether oxygens (including phenoxy) is 1. The van der Waals surface area contributed by atoms with Crippen molar-refractivity contribution in [3.05, 3.63) is 76.1 Å². The third-order valence-electron chi connectivity index (χ3n) is 3.89. The van der Waals surface area contributed by atoms with Crippen LogP contribution in [-0.2, 0) is 0 Å². The first kappa shape index (κ1) is 17.2. The number of aromatic nitrogens is 1. The molecule has 1 aliphatic rings. The maximum atomic E-state index is 13.3. The number of hydrogen-bond acceptors (Lipinski definition) is 4. The molecule has 0 fully saturated rings. The van der Waals surface area contributed by atoms with E-state index in [4.69, 9.17) is 4.74 Å². The molecule has 0 saturated heterocycles. The fourth-order valence-corrected chi connectivity index (χ4v) is 2.95. The van der Waals surface area contributed by atoms with Crippen LogP contribution >= 0.6 is 15.9 Å². The minimum absolute atomic E-state index is 0.190. The molecule has 0 bridgehead atoms. The highest BCUT2D eigenvalue weighted by atomic mass is 79.9. The predicted molar refractivity (Wildman–Crippen MR) is 101 cm³/mol. The molecule has 27 heavy (non-hydrogen) atoms. The number of nitrogens with one attached hydrogen (secondary N) is 2. The zero-order valence-corrected chi connectivity index (χ0v) is 15.2. The van der Waals surface area contributed by atoms with Crippen molar-refractivity contribution in [2.45, 2.75) is 0 Å². The van der Waals surface area contributed by atoms with E-state index in [9.17, 15) is 14.0 Å². The van der Waals surface area contributed by atoms with Gasteiger partial charge in [-0.15, -0.1) is 0 Å². The molecule has 0 aliphatic carbocycles. The molecule has 4 rings (SSSR count). The Hall–Kier alpha value is -3.26. The molecule has 2 N–H and O–H groups in total. The summed E-state index contributed by atoms with van der Waals surface area (Å²) in [6.45, 7) is 0. The van der Waals surface area contributed by atoms with E-state index in [0.29, 0.717) is 17.1 Å². The molecule has 2 aromatic carbocycles. The van der Waals surface area contributed by atoms with Crippen LogP contribution in [-0.4, -0.2) is 16.8 Å². The number of rotatable bonds is 2. The van der Waals surface area contributed by atoms with Crippen molar-refractivity contribution < 1.29 is 18.7 Å². The van der Waals surface area contributed by atoms with Crippen LogP contribution in [0.1, 0.15) is 20.7 Å². The second-order valence-corrected chi connectivity index (χ2v) is 6.56. The highest BCUT2D eigenvalue weighted by Gasteiger charge is 2.22. The van der Waals surface area contributed by atoms with Crippen molar-refractivity contribution in [2.75, 3.05) is 10.6 Å². The number of anilines is 2. The second kappa shape index (κ2) is 6.81. The number of hydrogen-bond donors (Lipinski definition) is 2. The number of benzene rings is 2. The van der Waals surface area contributed by atoms with Crippen molar-refractivity contribution in [2.24, 2.45) is 0 Å². The lowest BCUT2D eigenvalue weighted by Gasteiger charge is -2.10. The van der Waals surface area contributed by atoms with Crippen LogP contribution in [0.2, 0.25) is 0 Å². The smallest absolute Gasteiger partial charge is 0.259 e. The van der Waals surface area contributed by atoms with Crippen molar-refractivity contribution in [1.82, 2.24) is 4.98 Å². The number of amides is 2. The molecule has 0 unspecified atom stereocenters. The lowest BCUT2D eigenvalue weighted by Crippen LogP contribution is -2.14. The van der Waals surface area contributed by atoms with Crippen LogP contribution in [0.3, 0.4) is 0 Å². The van der Waals surface area contributed by atoms with Gasteiger partial charge in [-0.2, -0.15) is 0 Å². The van der Waals surface area contributed by atoms with Crippen LogP contribution in [0.15, 0.2) is 59.2 Å². The largest absolute Gasteiger partial charge is 0.436 e. The Morgan fingerprint density at radius 2 is 2.04 bits per heavy atom. The molecule has 134 valence electrons. The number of pyridine rings is 1. The first-order valence-electron chi connectivity index (χ1n) is 7.86. The Bertz CT molecular complexity index is 1090. The van der Waals surface area contributed by atoms with E-state index >= 15 is 0 Å². The molecular weight excluding hydrogens is 417 g/mol. The van der Waals surface area contributed by atoms with Gasteiger partial charge in [0.25, 0.3) is 11.8 Å². The maximum absolute atomic E-state index is 13.3. The normalized spacial score (nSPS) is 12.1. The topological polar surface area (TPSA) is 80.3 Å². The summed E-state index contributed by atoms with van der Waals surface area (Å²) in [5, 5.41) is 5.40. The quantitative estimate of drug-likeness (QED) is 0.626.